The molecule has 1 aromatic heterocycles. The third kappa shape index (κ3) is 4.43. The minimum Gasteiger partial charge on any atom is -0.493 e. The molecule has 0 aliphatic heterocycles. The largest absolute Gasteiger partial charge is 0.493 e. The maximum atomic E-state index is 11.8. The molecule has 0 radical (unpaired) electrons. The van der Waals surface area contributed by atoms with E-state index >= 15 is 0 Å². The summed E-state index contributed by atoms with van der Waals surface area (Å²) >= 11 is 0. The molecule has 4 rings (SSSR count). The van der Waals surface area contributed by atoms with Gasteiger partial charge in [-0.2, -0.15) is 0 Å². The maximum absolute atomic E-state index is 11.8. The van der Waals surface area contributed by atoms with E-state index in [4.69, 9.17) is 28.1 Å². The topological polar surface area (TPSA) is 76.4 Å². The van der Waals surface area contributed by atoms with Crippen LogP contribution in [0.3, 0.4) is 0 Å². The molecule has 0 fully saturated rings. The van der Waals surface area contributed by atoms with Gasteiger partial charge in [-0.15, -0.1) is 0 Å². The Kier molecular flexibility index (Phi) is 6.40. The second-order valence-corrected chi connectivity index (χ2v) is 7.20. The number of furan rings is 1. The molecule has 0 aliphatic rings. The van der Waals surface area contributed by atoms with Crippen molar-refractivity contribution < 1.29 is 32.9 Å². The van der Waals surface area contributed by atoms with Crippen LogP contribution in [0.2, 0.25) is 0 Å². The number of carbonyl (C=O) groups is 1. The molecule has 3 aromatic carbocycles. The SMILES string of the molecule is COC(=O)c1cccc(COc2ccc3occ(-c4cc(OC)c(OC)c(OC)c4)c3c2)c1. The van der Waals surface area contributed by atoms with Gasteiger partial charge in [-0.3, -0.25) is 0 Å². The van der Waals surface area contributed by atoms with Gasteiger partial charge in [0.05, 0.1) is 40.3 Å². The molecule has 1 heterocycles. The third-order valence-electron chi connectivity index (χ3n) is 5.27. The van der Waals surface area contributed by atoms with Crippen LogP contribution in [0.4, 0.5) is 0 Å². The summed E-state index contributed by atoms with van der Waals surface area (Å²) in [6.45, 7) is 0.299. The van der Waals surface area contributed by atoms with E-state index in [0.717, 1.165) is 27.7 Å². The zero-order chi connectivity index (χ0) is 23.4. The van der Waals surface area contributed by atoms with Gasteiger partial charge in [0, 0.05) is 10.9 Å². The number of rotatable bonds is 8. The molecule has 7 heteroatoms. The van der Waals surface area contributed by atoms with E-state index in [1.165, 1.54) is 7.11 Å². The second kappa shape index (κ2) is 9.56. The Morgan fingerprint density at radius 1 is 0.879 bits per heavy atom. The molecule has 33 heavy (non-hydrogen) atoms. The normalized spacial score (nSPS) is 10.7. The van der Waals surface area contributed by atoms with E-state index in [0.29, 0.717) is 35.2 Å². The highest BCUT2D eigenvalue weighted by molar-refractivity contribution is 5.95. The summed E-state index contributed by atoms with van der Waals surface area (Å²) in [5.41, 5.74) is 3.77. The minimum atomic E-state index is -0.383. The molecule has 7 nitrogen and oxygen atoms in total. The highest BCUT2D eigenvalue weighted by atomic mass is 16.5. The molecule has 0 atom stereocenters. The van der Waals surface area contributed by atoms with Crippen molar-refractivity contribution >= 4 is 16.9 Å². The molecule has 0 N–H and O–H groups in total. The van der Waals surface area contributed by atoms with Crippen LogP contribution in [0.25, 0.3) is 22.1 Å². The van der Waals surface area contributed by atoms with Crippen LogP contribution in [-0.4, -0.2) is 34.4 Å². The van der Waals surface area contributed by atoms with Crippen LogP contribution in [0.15, 0.2) is 65.3 Å². The van der Waals surface area contributed by atoms with E-state index in [2.05, 4.69) is 0 Å². The number of methoxy groups -OCH3 is 4. The lowest BCUT2D eigenvalue weighted by Crippen LogP contribution is -2.03. The van der Waals surface area contributed by atoms with Gasteiger partial charge < -0.3 is 28.1 Å². The van der Waals surface area contributed by atoms with E-state index in [-0.39, 0.29) is 5.97 Å². The first-order chi connectivity index (χ1) is 16.1. The van der Waals surface area contributed by atoms with Gasteiger partial charge in [-0.1, -0.05) is 12.1 Å². The summed E-state index contributed by atoms with van der Waals surface area (Å²) in [5.74, 6) is 1.92. The van der Waals surface area contributed by atoms with Crippen LogP contribution in [-0.2, 0) is 11.3 Å². The summed E-state index contributed by atoms with van der Waals surface area (Å²) in [7, 11) is 6.08. The molecule has 0 amide bonds. The smallest absolute Gasteiger partial charge is 0.337 e. The zero-order valence-electron chi connectivity index (χ0n) is 18.8. The predicted molar refractivity (Wildman–Crippen MR) is 123 cm³/mol. The number of ether oxygens (including phenoxy) is 5. The number of carbonyl (C=O) groups excluding carboxylic acids is 1. The Balaban J connectivity index is 1.64. The Bertz CT molecular complexity index is 1260. The standard InChI is InChI=1S/C26H24O7/c1-28-23-11-18(12-24(29-2)25(23)30-3)21-15-33-22-9-8-19(13-20(21)22)32-14-16-6-5-7-17(10-16)26(27)31-4/h5-13,15H,14H2,1-4H3. The Hall–Kier alpha value is -4.13. The van der Waals surface area contributed by atoms with Gasteiger partial charge in [0.15, 0.2) is 11.5 Å². The Morgan fingerprint density at radius 3 is 2.30 bits per heavy atom. The van der Waals surface area contributed by atoms with Crippen molar-refractivity contribution in [1.29, 1.82) is 0 Å². The van der Waals surface area contributed by atoms with Crippen LogP contribution in [0.5, 0.6) is 23.0 Å². The van der Waals surface area contributed by atoms with Crippen LogP contribution in [0.1, 0.15) is 15.9 Å². The zero-order valence-corrected chi connectivity index (χ0v) is 18.8. The summed E-state index contributed by atoms with van der Waals surface area (Å²) < 4.78 is 32.9. The summed E-state index contributed by atoms with van der Waals surface area (Å²) in [4.78, 5) is 11.8. The monoisotopic (exact) mass is 448 g/mol. The van der Waals surface area contributed by atoms with Crippen molar-refractivity contribution in [2.45, 2.75) is 6.61 Å². The van der Waals surface area contributed by atoms with Crippen LogP contribution < -0.4 is 18.9 Å². The summed E-state index contributed by atoms with van der Waals surface area (Å²) in [6.07, 6.45) is 1.69. The Morgan fingerprint density at radius 2 is 1.64 bits per heavy atom. The van der Waals surface area contributed by atoms with Crippen molar-refractivity contribution in [2.24, 2.45) is 0 Å². The lowest BCUT2D eigenvalue weighted by atomic mass is 10.0. The van der Waals surface area contributed by atoms with Gasteiger partial charge in [-0.25, -0.2) is 4.79 Å². The van der Waals surface area contributed by atoms with Gasteiger partial charge in [0.2, 0.25) is 5.75 Å². The van der Waals surface area contributed by atoms with Crippen molar-refractivity contribution in [3.8, 4) is 34.1 Å². The molecular formula is C26H24O7. The van der Waals surface area contributed by atoms with Gasteiger partial charge >= 0.3 is 5.97 Å². The number of hydrogen-bond acceptors (Lipinski definition) is 7. The number of esters is 1. The van der Waals surface area contributed by atoms with Gasteiger partial charge in [-0.05, 0) is 53.6 Å². The number of benzene rings is 3. The first kappa shape index (κ1) is 22.1. The van der Waals surface area contributed by atoms with Crippen LogP contribution >= 0.6 is 0 Å². The molecule has 0 saturated heterocycles. The predicted octanol–water partition coefficient (Wildman–Crippen LogP) is 5.49. The molecule has 170 valence electrons. The quantitative estimate of drug-likeness (QED) is 0.330. The van der Waals surface area contributed by atoms with Crippen molar-refractivity contribution in [2.75, 3.05) is 28.4 Å². The van der Waals surface area contributed by atoms with E-state index < -0.39 is 0 Å². The molecule has 0 saturated carbocycles. The highest BCUT2D eigenvalue weighted by Gasteiger charge is 2.17. The number of hydrogen-bond donors (Lipinski definition) is 0. The average Bonchev–Trinajstić information content (AvgIpc) is 3.29. The van der Waals surface area contributed by atoms with E-state index in [1.807, 2.05) is 36.4 Å². The van der Waals surface area contributed by atoms with Gasteiger partial charge in [0.1, 0.15) is 17.9 Å². The van der Waals surface area contributed by atoms with Crippen molar-refractivity contribution in [3.63, 3.8) is 0 Å². The molecule has 0 unspecified atom stereocenters. The summed E-state index contributed by atoms with van der Waals surface area (Å²) in [5, 5.41) is 0.880. The molecule has 0 bridgehead atoms. The Labute approximate surface area is 191 Å². The minimum absolute atomic E-state index is 0.299. The lowest BCUT2D eigenvalue weighted by molar-refractivity contribution is 0.0600. The maximum Gasteiger partial charge on any atom is 0.337 e. The fourth-order valence-corrected chi connectivity index (χ4v) is 3.63. The average molecular weight is 448 g/mol. The number of fused-ring (bicyclic) bond motifs is 1. The lowest BCUT2D eigenvalue weighted by Gasteiger charge is -2.14. The molecule has 0 aliphatic carbocycles. The van der Waals surface area contributed by atoms with Gasteiger partial charge in [0.25, 0.3) is 0 Å². The highest BCUT2D eigenvalue weighted by Crippen LogP contribution is 2.43. The fourth-order valence-electron chi connectivity index (χ4n) is 3.63. The summed E-state index contributed by atoms with van der Waals surface area (Å²) in [6, 6.07) is 16.5. The van der Waals surface area contributed by atoms with E-state index in [1.54, 1.807) is 45.8 Å². The van der Waals surface area contributed by atoms with Crippen LogP contribution in [0, 0.1) is 0 Å². The van der Waals surface area contributed by atoms with Crippen molar-refractivity contribution in [1.82, 2.24) is 0 Å². The van der Waals surface area contributed by atoms with E-state index in [9.17, 15) is 4.79 Å². The molecule has 0 spiro atoms. The molecule has 4 aromatic rings. The third-order valence-corrected chi connectivity index (χ3v) is 5.27. The first-order valence-corrected chi connectivity index (χ1v) is 10.2. The molecular weight excluding hydrogens is 424 g/mol. The first-order valence-electron chi connectivity index (χ1n) is 10.2. The second-order valence-electron chi connectivity index (χ2n) is 7.20. The van der Waals surface area contributed by atoms with Crippen molar-refractivity contribution in [3.05, 3.63) is 72.0 Å². The fraction of sp³-hybridized carbons (Fsp3) is 0.192.